The van der Waals surface area contributed by atoms with E-state index >= 15 is 0 Å². The van der Waals surface area contributed by atoms with E-state index in [0.717, 1.165) is 22.8 Å². The zero-order valence-electron chi connectivity index (χ0n) is 15.5. The normalized spacial score (nSPS) is 12.1. The first-order valence-electron chi connectivity index (χ1n) is 8.96. The molecule has 2 aromatic carbocycles. The number of furan rings is 1. The molecule has 1 aromatic heterocycles. The molecular formula is C22H25NO4. The molecule has 0 radical (unpaired) electrons. The lowest BCUT2D eigenvalue weighted by atomic mass is 10.2. The highest BCUT2D eigenvalue weighted by molar-refractivity contribution is 5.28. The van der Waals surface area contributed by atoms with Crippen molar-refractivity contribution >= 4 is 0 Å². The van der Waals surface area contributed by atoms with Gasteiger partial charge >= 0.3 is 0 Å². The van der Waals surface area contributed by atoms with E-state index in [9.17, 15) is 5.11 Å². The van der Waals surface area contributed by atoms with Crippen LogP contribution in [-0.2, 0) is 13.1 Å². The van der Waals surface area contributed by atoms with E-state index in [1.807, 2.05) is 66.7 Å². The molecule has 1 heterocycles. The number of hydrogen-bond donors (Lipinski definition) is 1. The number of para-hydroxylation sites is 1. The van der Waals surface area contributed by atoms with Gasteiger partial charge in [-0.2, -0.15) is 0 Å². The van der Waals surface area contributed by atoms with E-state index in [2.05, 4.69) is 4.90 Å². The number of nitrogens with zero attached hydrogens (tertiary/aromatic N) is 1. The van der Waals surface area contributed by atoms with Crippen molar-refractivity contribution in [1.82, 2.24) is 4.90 Å². The molecule has 0 saturated carbocycles. The first-order valence-corrected chi connectivity index (χ1v) is 8.96. The van der Waals surface area contributed by atoms with Gasteiger partial charge in [0.15, 0.2) is 0 Å². The Morgan fingerprint density at radius 2 is 1.78 bits per heavy atom. The molecule has 0 spiro atoms. The monoisotopic (exact) mass is 367 g/mol. The Kier molecular flexibility index (Phi) is 6.90. The number of aliphatic hydroxyl groups excluding tert-OH is 1. The van der Waals surface area contributed by atoms with Crippen molar-refractivity contribution in [3.8, 4) is 11.5 Å². The molecule has 27 heavy (non-hydrogen) atoms. The van der Waals surface area contributed by atoms with Gasteiger partial charge in [-0.05, 0) is 42.0 Å². The number of aliphatic hydroxyl groups is 1. The Morgan fingerprint density at radius 3 is 2.52 bits per heavy atom. The largest absolute Gasteiger partial charge is 0.497 e. The first kappa shape index (κ1) is 19.0. The number of hydrogen-bond acceptors (Lipinski definition) is 5. The maximum absolute atomic E-state index is 10.5. The fourth-order valence-corrected chi connectivity index (χ4v) is 2.90. The van der Waals surface area contributed by atoms with Crippen molar-refractivity contribution in [2.75, 3.05) is 20.3 Å². The lowest BCUT2D eigenvalue weighted by Crippen LogP contribution is -2.35. The highest BCUT2D eigenvalue weighted by Crippen LogP contribution is 2.17. The van der Waals surface area contributed by atoms with E-state index in [4.69, 9.17) is 13.9 Å². The fraction of sp³-hybridized carbons (Fsp3) is 0.273. The maximum Gasteiger partial charge on any atom is 0.119 e. The Hall–Kier alpha value is -2.76. The Labute approximate surface area is 159 Å². The topological polar surface area (TPSA) is 55.1 Å². The smallest absolute Gasteiger partial charge is 0.119 e. The van der Waals surface area contributed by atoms with Gasteiger partial charge in [-0.1, -0.05) is 30.3 Å². The van der Waals surface area contributed by atoms with Crippen molar-refractivity contribution in [3.05, 3.63) is 84.3 Å². The molecule has 1 atom stereocenters. The van der Waals surface area contributed by atoms with Crippen molar-refractivity contribution in [2.24, 2.45) is 0 Å². The van der Waals surface area contributed by atoms with Crippen LogP contribution < -0.4 is 9.47 Å². The summed E-state index contributed by atoms with van der Waals surface area (Å²) in [6.45, 7) is 1.97. The number of methoxy groups -OCH3 is 1. The van der Waals surface area contributed by atoms with E-state index in [1.54, 1.807) is 13.4 Å². The summed E-state index contributed by atoms with van der Waals surface area (Å²) in [7, 11) is 1.66. The molecule has 3 aromatic rings. The standard InChI is InChI=1S/C22H25NO4/c1-25-21-10-5-7-18(13-21)14-23(16-22-11-6-12-26-22)15-19(24)17-27-20-8-3-2-4-9-20/h2-13,19,24H,14-17H2,1H3/t19-/m1/s1. The molecule has 0 aliphatic carbocycles. The summed E-state index contributed by atoms with van der Waals surface area (Å²) < 4.78 is 16.5. The summed E-state index contributed by atoms with van der Waals surface area (Å²) in [5.74, 6) is 2.43. The Morgan fingerprint density at radius 1 is 0.963 bits per heavy atom. The molecule has 0 unspecified atom stereocenters. The molecule has 3 rings (SSSR count). The molecule has 5 heteroatoms. The van der Waals surface area contributed by atoms with Crippen LogP contribution in [0, 0.1) is 0 Å². The van der Waals surface area contributed by atoms with Gasteiger partial charge in [0.2, 0.25) is 0 Å². The van der Waals surface area contributed by atoms with Gasteiger partial charge in [0, 0.05) is 13.1 Å². The van der Waals surface area contributed by atoms with Crippen LogP contribution in [0.2, 0.25) is 0 Å². The zero-order chi connectivity index (χ0) is 18.9. The summed E-state index contributed by atoms with van der Waals surface area (Å²) in [5, 5.41) is 10.5. The highest BCUT2D eigenvalue weighted by Gasteiger charge is 2.15. The van der Waals surface area contributed by atoms with Gasteiger partial charge in [-0.15, -0.1) is 0 Å². The second kappa shape index (κ2) is 9.80. The molecule has 142 valence electrons. The second-order valence-corrected chi connectivity index (χ2v) is 6.38. The second-order valence-electron chi connectivity index (χ2n) is 6.38. The Balaban J connectivity index is 1.61. The van der Waals surface area contributed by atoms with Gasteiger partial charge < -0.3 is 19.0 Å². The van der Waals surface area contributed by atoms with Crippen LogP contribution in [-0.4, -0.2) is 36.4 Å². The molecule has 5 nitrogen and oxygen atoms in total. The molecule has 0 fully saturated rings. The average Bonchev–Trinajstić information content (AvgIpc) is 3.20. The van der Waals surface area contributed by atoms with Crippen molar-refractivity contribution in [2.45, 2.75) is 19.2 Å². The van der Waals surface area contributed by atoms with Crippen molar-refractivity contribution in [3.63, 3.8) is 0 Å². The third-order valence-corrected chi connectivity index (χ3v) is 4.15. The zero-order valence-corrected chi connectivity index (χ0v) is 15.5. The quantitative estimate of drug-likeness (QED) is 0.592. The van der Waals surface area contributed by atoms with Crippen LogP contribution in [0.5, 0.6) is 11.5 Å². The summed E-state index contributed by atoms with van der Waals surface area (Å²) >= 11 is 0. The van der Waals surface area contributed by atoms with Crippen molar-refractivity contribution < 1.29 is 19.0 Å². The van der Waals surface area contributed by atoms with Gasteiger partial charge in [0.05, 0.1) is 19.9 Å². The predicted octanol–water partition coefficient (Wildman–Crippen LogP) is 3.73. The molecule has 0 bridgehead atoms. The number of rotatable bonds is 10. The molecule has 0 saturated heterocycles. The summed E-state index contributed by atoms with van der Waals surface area (Å²) in [6, 6.07) is 21.3. The lowest BCUT2D eigenvalue weighted by molar-refractivity contribution is 0.0604. The van der Waals surface area contributed by atoms with Crippen LogP contribution in [0.15, 0.2) is 77.4 Å². The lowest BCUT2D eigenvalue weighted by Gasteiger charge is -2.24. The van der Waals surface area contributed by atoms with E-state index in [0.29, 0.717) is 19.6 Å². The minimum Gasteiger partial charge on any atom is -0.497 e. The third-order valence-electron chi connectivity index (χ3n) is 4.15. The fourth-order valence-electron chi connectivity index (χ4n) is 2.90. The SMILES string of the molecule is COc1cccc(CN(Cc2ccco2)C[C@@H](O)COc2ccccc2)c1. The molecule has 0 amide bonds. The van der Waals surface area contributed by atoms with Crippen LogP contribution in [0.4, 0.5) is 0 Å². The van der Waals surface area contributed by atoms with Crippen LogP contribution in [0.25, 0.3) is 0 Å². The third kappa shape index (κ3) is 6.16. The summed E-state index contributed by atoms with van der Waals surface area (Å²) in [6.07, 6.45) is 1.04. The van der Waals surface area contributed by atoms with Gasteiger partial charge in [0.25, 0.3) is 0 Å². The first-order chi connectivity index (χ1) is 13.2. The van der Waals surface area contributed by atoms with E-state index in [1.165, 1.54) is 0 Å². The number of ether oxygens (including phenoxy) is 2. The molecule has 1 N–H and O–H groups in total. The summed E-state index contributed by atoms with van der Waals surface area (Å²) in [5.41, 5.74) is 1.11. The maximum atomic E-state index is 10.5. The molecule has 0 aliphatic rings. The minimum atomic E-state index is -0.620. The van der Waals surface area contributed by atoms with Crippen LogP contribution in [0.1, 0.15) is 11.3 Å². The molecular weight excluding hydrogens is 342 g/mol. The predicted molar refractivity (Wildman–Crippen MR) is 104 cm³/mol. The van der Waals surface area contributed by atoms with Crippen LogP contribution in [0.3, 0.4) is 0 Å². The van der Waals surface area contributed by atoms with Crippen LogP contribution >= 0.6 is 0 Å². The summed E-state index contributed by atoms with van der Waals surface area (Å²) in [4.78, 5) is 2.13. The average molecular weight is 367 g/mol. The van der Waals surface area contributed by atoms with Gasteiger partial charge in [-0.3, -0.25) is 4.90 Å². The van der Waals surface area contributed by atoms with E-state index < -0.39 is 6.10 Å². The number of benzene rings is 2. The van der Waals surface area contributed by atoms with Gasteiger partial charge in [-0.25, -0.2) is 0 Å². The van der Waals surface area contributed by atoms with Gasteiger partial charge in [0.1, 0.15) is 30.0 Å². The van der Waals surface area contributed by atoms with Crippen molar-refractivity contribution in [1.29, 1.82) is 0 Å². The van der Waals surface area contributed by atoms with E-state index in [-0.39, 0.29) is 6.61 Å². The highest BCUT2D eigenvalue weighted by atomic mass is 16.5. The molecule has 0 aliphatic heterocycles. The Bertz CT molecular complexity index is 789. The minimum absolute atomic E-state index is 0.233.